The number of aromatic nitrogens is 1. The van der Waals surface area contributed by atoms with Crippen LogP contribution in [0.2, 0.25) is 0 Å². The maximum Gasteiger partial charge on any atom is 0.337 e. The fourth-order valence-electron chi connectivity index (χ4n) is 5.76. The molecule has 4 rings (SSSR count). The summed E-state index contributed by atoms with van der Waals surface area (Å²) < 4.78 is 32.7. The van der Waals surface area contributed by atoms with Crippen molar-refractivity contribution in [3.63, 3.8) is 0 Å². The van der Waals surface area contributed by atoms with Crippen molar-refractivity contribution in [3.8, 4) is 0 Å². The highest BCUT2D eigenvalue weighted by molar-refractivity contribution is 5.91. The largest absolute Gasteiger partial charge is 0.466 e. The summed E-state index contributed by atoms with van der Waals surface area (Å²) in [7, 11) is 2.56. The predicted molar refractivity (Wildman–Crippen MR) is 145 cm³/mol. The van der Waals surface area contributed by atoms with Crippen LogP contribution in [0.4, 0.5) is 13.6 Å². The van der Waals surface area contributed by atoms with Crippen LogP contribution in [0.1, 0.15) is 49.4 Å². The van der Waals surface area contributed by atoms with Gasteiger partial charge in [0.2, 0.25) is 6.41 Å². The molecule has 0 spiro atoms. The van der Waals surface area contributed by atoms with Gasteiger partial charge in [0.1, 0.15) is 5.60 Å². The molecule has 10 nitrogen and oxygen atoms in total. The second-order valence-corrected chi connectivity index (χ2v) is 10.5. The Bertz CT molecular complexity index is 1270. The number of rotatable bonds is 9. The fourth-order valence-corrected chi connectivity index (χ4v) is 5.76. The van der Waals surface area contributed by atoms with E-state index in [-0.39, 0.29) is 23.2 Å². The number of halogens is 2. The summed E-state index contributed by atoms with van der Waals surface area (Å²) in [5.41, 5.74) is -0.292. The van der Waals surface area contributed by atoms with E-state index in [4.69, 9.17) is 4.74 Å². The summed E-state index contributed by atoms with van der Waals surface area (Å²) in [6, 6.07) is 6.94. The number of methoxy groups -OCH3 is 1. The molecule has 2 atom stereocenters. The van der Waals surface area contributed by atoms with Gasteiger partial charge < -0.3 is 25.4 Å². The van der Waals surface area contributed by atoms with Gasteiger partial charge in [-0.3, -0.25) is 14.7 Å². The van der Waals surface area contributed by atoms with Crippen molar-refractivity contribution in [3.05, 3.63) is 77.3 Å². The molecular formula is C29H35F2N5O5. The first-order valence-electron chi connectivity index (χ1n) is 13.5. The topological polar surface area (TPSA) is 124 Å². The van der Waals surface area contributed by atoms with Gasteiger partial charge in [-0.25, -0.2) is 18.4 Å². The number of likely N-dealkylation sites (tertiary alicyclic amines) is 1. The Kier molecular flexibility index (Phi) is 9.66. The molecule has 41 heavy (non-hydrogen) atoms. The van der Waals surface area contributed by atoms with Crippen molar-refractivity contribution in [2.24, 2.45) is 0 Å². The van der Waals surface area contributed by atoms with E-state index in [1.807, 2.05) is 18.2 Å². The van der Waals surface area contributed by atoms with Crippen molar-refractivity contribution in [1.82, 2.24) is 25.4 Å². The number of ether oxygens (including phenoxy) is 1. The Hall–Kier alpha value is -3.90. The van der Waals surface area contributed by atoms with Gasteiger partial charge in [0.25, 0.3) is 0 Å². The summed E-state index contributed by atoms with van der Waals surface area (Å²) >= 11 is 0. The van der Waals surface area contributed by atoms with E-state index in [1.54, 1.807) is 6.20 Å². The second-order valence-electron chi connectivity index (χ2n) is 10.5. The lowest BCUT2D eigenvalue weighted by Crippen LogP contribution is -2.47. The van der Waals surface area contributed by atoms with Crippen LogP contribution < -0.4 is 10.6 Å². The zero-order valence-electron chi connectivity index (χ0n) is 23.1. The van der Waals surface area contributed by atoms with Gasteiger partial charge in [0.15, 0.2) is 11.6 Å². The Morgan fingerprint density at radius 2 is 1.95 bits per heavy atom. The van der Waals surface area contributed by atoms with Gasteiger partial charge in [-0.2, -0.15) is 0 Å². The van der Waals surface area contributed by atoms with Crippen molar-refractivity contribution < 1.29 is 33.0 Å². The van der Waals surface area contributed by atoms with Gasteiger partial charge in [-0.15, -0.1) is 0 Å². The van der Waals surface area contributed by atoms with Gasteiger partial charge in [0, 0.05) is 44.6 Å². The number of carbonyl (C=O) groups excluding carboxylic acids is 3. The van der Waals surface area contributed by atoms with Gasteiger partial charge in [-0.05, 0) is 61.9 Å². The zero-order valence-corrected chi connectivity index (χ0v) is 23.1. The van der Waals surface area contributed by atoms with Gasteiger partial charge in [-0.1, -0.05) is 12.1 Å². The van der Waals surface area contributed by atoms with Crippen molar-refractivity contribution in [2.75, 3.05) is 27.2 Å². The second kappa shape index (κ2) is 13.2. The van der Waals surface area contributed by atoms with Crippen molar-refractivity contribution in [2.45, 2.75) is 55.8 Å². The summed E-state index contributed by atoms with van der Waals surface area (Å²) in [4.78, 5) is 44.8. The molecule has 2 fully saturated rings. The van der Waals surface area contributed by atoms with E-state index < -0.39 is 35.3 Å². The fraction of sp³-hybridized carbons (Fsp3) is 0.448. The molecule has 1 aliphatic heterocycles. The highest BCUT2D eigenvalue weighted by atomic mass is 19.2. The molecule has 0 bridgehead atoms. The lowest BCUT2D eigenvalue weighted by Gasteiger charge is -2.39. The van der Waals surface area contributed by atoms with E-state index in [1.165, 1.54) is 18.0 Å². The molecule has 3 amide bonds. The van der Waals surface area contributed by atoms with Crippen LogP contribution in [-0.2, 0) is 19.9 Å². The average molecular weight is 572 g/mol. The van der Waals surface area contributed by atoms with Crippen LogP contribution in [0.25, 0.3) is 0 Å². The smallest absolute Gasteiger partial charge is 0.337 e. The molecule has 1 saturated carbocycles. The molecule has 1 aromatic heterocycles. The zero-order chi connectivity index (χ0) is 29.6. The molecule has 1 saturated heterocycles. The van der Waals surface area contributed by atoms with Gasteiger partial charge >= 0.3 is 12.0 Å². The Labute approximate surface area is 237 Å². The number of nitrogens with zero attached hydrogens (tertiary/aromatic N) is 3. The molecule has 2 aromatic rings. The first-order valence-corrected chi connectivity index (χ1v) is 13.5. The minimum atomic E-state index is -1.19. The third kappa shape index (κ3) is 6.88. The molecule has 2 heterocycles. The number of benzene rings is 1. The third-order valence-corrected chi connectivity index (χ3v) is 7.98. The van der Waals surface area contributed by atoms with E-state index >= 15 is 0 Å². The summed E-state index contributed by atoms with van der Waals surface area (Å²) in [6.07, 6.45) is 6.57. The number of pyridine rings is 1. The Morgan fingerprint density at radius 3 is 2.59 bits per heavy atom. The van der Waals surface area contributed by atoms with E-state index in [0.29, 0.717) is 37.9 Å². The molecule has 3 N–H and O–H groups in total. The minimum Gasteiger partial charge on any atom is -0.466 e. The van der Waals surface area contributed by atoms with Gasteiger partial charge in [0.05, 0.1) is 24.4 Å². The van der Waals surface area contributed by atoms with Crippen molar-refractivity contribution >= 4 is 18.4 Å². The number of aliphatic hydroxyl groups is 1. The number of hydrogen-bond acceptors (Lipinski definition) is 7. The van der Waals surface area contributed by atoms with Crippen LogP contribution in [-0.4, -0.2) is 77.6 Å². The lowest BCUT2D eigenvalue weighted by atomic mass is 9.79. The number of esters is 1. The summed E-state index contributed by atoms with van der Waals surface area (Å²) in [5.74, 6) is -3.09. The number of urea groups is 1. The average Bonchev–Trinajstić information content (AvgIpc) is 3.45. The number of amides is 3. The summed E-state index contributed by atoms with van der Waals surface area (Å²) in [5, 5.41) is 16.4. The highest BCUT2D eigenvalue weighted by Gasteiger charge is 2.40. The van der Waals surface area contributed by atoms with E-state index in [0.717, 1.165) is 44.8 Å². The monoisotopic (exact) mass is 571 g/mol. The molecule has 0 radical (unpaired) electrons. The number of hydrogen-bond donors (Lipinski definition) is 3. The van der Waals surface area contributed by atoms with Crippen LogP contribution in [0.3, 0.4) is 0 Å². The summed E-state index contributed by atoms with van der Waals surface area (Å²) in [6.45, 7) is 1.37. The number of likely N-dealkylation sites (N-methyl/N-ethyl adjacent to an activating group) is 1. The van der Waals surface area contributed by atoms with Crippen LogP contribution >= 0.6 is 0 Å². The standard InChI is InChI=1S/C29H35F2N5O5/c1-35(26(19-6-7-23(30)24(31)15-19)22(16-32-18-37)27(38)41-2)28(39)34-20-10-14-36(17-20)21-8-11-29(40,12-9-21)25-5-3-4-13-33-25/h3-7,13,15-16,18,20-21,26,40H,8-12,14,17H2,1-2H3,(H,32,37)(H,34,39)/b22-16+. The van der Waals surface area contributed by atoms with E-state index in [9.17, 15) is 28.3 Å². The maximum absolute atomic E-state index is 14.2. The van der Waals surface area contributed by atoms with Crippen LogP contribution in [0.5, 0.6) is 0 Å². The first-order chi connectivity index (χ1) is 19.7. The third-order valence-electron chi connectivity index (χ3n) is 7.98. The predicted octanol–water partition coefficient (Wildman–Crippen LogP) is 2.75. The Morgan fingerprint density at radius 1 is 1.20 bits per heavy atom. The van der Waals surface area contributed by atoms with E-state index in [2.05, 4.69) is 20.5 Å². The van der Waals surface area contributed by atoms with Crippen molar-refractivity contribution in [1.29, 1.82) is 0 Å². The molecule has 2 aliphatic rings. The van der Waals surface area contributed by atoms with Crippen LogP contribution in [0, 0.1) is 11.6 Å². The molecule has 220 valence electrons. The quantitative estimate of drug-likeness (QED) is 0.240. The molecule has 1 aliphatic carbocycles. The normalized spacial score (nSPS) is 23.9. The number of carbonyl (C=O) groups is 3. The highest BCUT2D eigenvalue weighted by Crippen LogP contribution is 2.38. The molecule has 12 heteroatoms. The molecular weight excluding hydrogens is 536 g/mol. The number of nitrogens with one attached hydrogen (secondary N) is 2. The minimum absolute atomic E-state index is 0.113. The molecule has 1 aromatic carbocycles. The maximum atomic E-state index is 14.2. The SMILES string of the molecule is COC(=O)/C(=C/NC=O)C(c1ccc(F)c(F)c1)N(C)C(=O)NC1CCN(C2CCC(O)(c3ccccn3)CC2)C1. The first kappa shape index (κ1) is 30.1. The Balaban J connectivity index is 1.43. The van der Waals surface area contributed by atoms with Crippen LogP contribution in [0.15, 0.2) is 54.4 Å². The lowest BCUT2D eigenvalue weighted by molar-refractivity contribution is -0.136. The molecule has 2 unspecified atom stereocenters.